The summed E-state index contributed by atoms with van der Waals surface area (Å²) in [5.41, 5.74) is 2.58. The van der Waals surface area contributed by atoms with Crippen LogP contribution in [0, 0.1) is 6.92 Å². The highest BCUT2D eigenvalue weighted by molar-refractivity contribution is 7.14. The Hall–Kier alpha value is -2.01. The van der Waals surface area contributed by atoms with Gasteiger partial charge < -0.3 is 15.5 Å². The van der Waals surface area contributed by atoms with E-state index in [4.69, 9.17) is 4.99 Å². The molecule has 25 heavy (non-hydrogen) atoms. The quantitative estimate of drug-likeness (QED) is 0.633. The van der Waals surface area contributed by atoms with Gasteiger partial charge in [0.1, 0.15) is 0 Å². The van der Waals surface area contributed by atoms with Crippen molar-refractivity contribution in [2.45, 2.75) is 39.3 Å². The van der Waals surface area contributed by atoms with Crippen LogP contribution in [0.4, 0.5) is 5.00 Å². The largest absolute Gasteiger partial charge is 0.363 e. The molecule has 0 atom stereocenters. The van der Waals surface area contributed by atoms with Crippen molar-refractivity contribution >= 4 is 22.3 Å². The summed E-state index contributed by atoms with van der Waals surface area (Å²) in [6, 6.07) is 13.3. The zero-order chi connectivity index (χ0) is 17.5. The molecule has 1 aliphatic heterocycles. The van der Waals surface area contributed by atoms with Crippen molar-refractivity contribution in [3.8, 4) is 0 Å². The number of nitrogens with zero attached hydrogens (tertiary/aromatic N) is 2. The molecule has 5 heteroatoms. The zero-order valence-corrected chi connectivity index (χ0v) is 16.0. The van der Waals surface area contributed by atoms with E-state index in [0.29, 0.717) is 6.04 Å². The van der Waals surface area contributed by atoms with Gasteiger partial charge >= 0.3 is 0 Å². The van der Waals surface area contributed by atoms with Gasteiger partial charge in [-0.25, -0.2) is 4.99 Å². The lowest BCUT2D eigenvalue weighted by Crippen LogP contribution is -2.48. The van der Waals surface area contributed by atoms with Crippen LogP contribution >= 0.6 is 11.3 Å². The first-order valence-corrected chi connectivity index (χ1v) is 10.0. The molecular weight excluding hydrogens is 328 g/mol. The Kier molecular flexibility index (Phi) is 6.34. The summed E-state index contributed by atoms with van der Waals surface area (Å²) in [7, 11) is 0. The van der Waals surface area contributed by atoms with E-state index < -0.39 is 0 Å². The molecule has 0 saturated carbocycles. The van der Waals surface area contributed by atoms with Crippen LogP contribution in [0.5, 0.6) is 0 Å². The minimum Gasteiger partial charge on any atom is -0.363 e. The maximum atomic E-state index is 4.79. The van der Waals surface area contributed by atoms with Crippen LogP contribution in [0.3, 0.4) is 0 Å². The van der Waals surface area contributed by atoms with Crippen molar-refractivity contribution in [1.29, 1.82) is 0 Å². The minimum absolute atomic E-state index is 0.492. The molecule has 0 spiro atoms. The molecule has 2 heterocycles. The number of aryl methyl sites for hydroxylation is 1. The fourth-order valence-electron chi connectivity index (χ4n) is 3.16. The molecular formula is C20H28N4S. The number of guanidine groups is 1. The highest BCUT2D eigenvalue weighted by atomic mass is 32.1. The van der Waals surface area contributed by atoms with Gasteiger partial charge in [-0.1, -0.05) is 24.3 Å². The monoisotopic (exact) mass is 356 g/mol. The molecule has 0 unspecified atom stereocenters. The third kappa shape index (κ3) is 4.98. The highest BCUT2D eigenvalue weighted by Gasteiger charge is 2.20. The summed E-state index contributed by atoms with van der Waals surface area (Å²) in [5, 5.41) is 10.6. The molecule has 1 fully saturated rings. The van der Waals surface area contributed by atoms with Gasteiger partial charge in [-0.2, -0.15) is 0 Å². The van der Waals surface area contributed by atoms with Crippen molar-refractivity contribution < 1.29 is 0 Å². The summed E-state index contributed by atoms with van der Waals surface area (Å²) >= 11 is 1.83. The fourth-order valence-corrected chi connectivity index (χ4v) is 3.94. The number of aliphatic imine (C=N–C) groups is 1. The fraction of sp³-hybridized carbons (Fsp3) is 0.450. The summed E-state index contributed by atoms with van der Waals surface area (Å²) in [5.74, 6) is 0.931. The summed E-state index contributed by atoms with van der Waals surface area (Å²) in [6.45, 7) is 8.07. The number of hydrogen-bond donors (Lipinski definition) is 2. The third-order valence-electron chi connectivity index (χ3n) is 4.67. The first kappa shape index (κ1) is 17.8. The molecule has 2 N–H and O–H groups in total. The lowest BCUT2D eigenvalue weighted by Gasteiger charge is -2.33. The number of piperidine rings is 1. The molecule has 0 radical (unpaired) electrons. The normalized spacial score (nSPS) is 16.1. The second-order valence-corrected chi connectivity index (χ2v) is 7.40. The number of hydrogen-bond acceptors (Lipinski definition) is 3. The molecule has 4 nitrogen and oxygen atoms in total. The van der Waals surface area contributed by atoms with Crippen LogP contribution in [-0.2, 0) is 6.54 Å². The van der Waals surface area contributed by atoms with E-state index in [0.717, 1.165) is 45.0 Å². The molecule has 1 aromatic heterocycles. The van der Waals surface area contributed by atoms with Crippen LogP contribution in [-0.4, -0.2) is 31.6 Å². The average molecular weight is 357 g/mol. The number of rotatable bonds is 5. The van der Waals surface area contributed by atoms with Gasteiger partial charge in [0.2, 0.25) is 0 Å². The number of thiophene rings is 1. The first-order chi connectivity index (χ1) is 12.3. The van der Waals surface area contributed by atoms with Gasteiger partial charge in [-0.05, 0) is 55.3 Å². The van der Waals surface area contributed by atoms with Crippen molar-refractivity contribution in [3.05, 3.63) is 52.9 Å². The van der Waals surface area contributed by atoms with E-state index in [-0.39, 0.29) is 0 Å². The van der Waals surface area contributed by atoms with Gasteiger partial charge in [0.05, 0.1) is 11.5 Å². The van der Waals surface area contributed by atoms with Crippen molar-refractivity contribution in [1.82, 2.24) is 10.6 Å². The van der Waals surface area contributed by atoms with E-state index in [9.17, 15) is 0 Å². The van der Waals surface area contributed by atoms with Gasteiger partial charge in [-0.15, -0.1) is 11.3 Å². The SMILES string of the molecule is CCNC(=NCc1ccccc1C)NC1CCN(c2cccs2)CC1. The third-order valence-corrected chi connectivity index (χ3v) is 5.60. The van der Waals surface area contributed by atoms with Crippen LogP contribution in [0.25, 0.3) is 0 Å². The van der Waals surface area contributed by atoms with Crippen molar-refractivity contribution in [3.63, 3.8) is 0 Å². The maximum Gasteiger partial charge on any atom is 0.191 e. The van der Waals surface area contributed by atoms with Crippen LogP contribution in [0.1, 0.15) is 30.9 Å². The van der Waals surface area contributed by atoms with Gasteiger partial charge in [0, 0.05) is 25.7 Å². The molecule has 3 rings (SSSR count). The lowest BCUT2D eigenvalue weighted by molar-refractivity contribution is 0.463. The molecule has 134 valence electrons. The van der Waals surface area contributed by atoms with E-state index >= 15 is 0 Å². The molecule has 1 saturated heterocycles. The Morgan fingerprint density at radius 2 is 2.00 bits per heavy atom. The summed E-state index contributed by atoms with van der Waals surface area (Å²) in [6.07, 6.45) is 2.29. The van der Waals surface area contributed by atoms with Crippen LogP contribution in [0.2, 0.25) is 0 Å². The zero-order valence-electron chi connectivity index (χ0n) is 15.2. The standard InChI is InChI=1S/C20H28N4S/c1-3-21-20(22-15-17-8-5-4-7-16(17)2)23-18-10-12-24(13-11-18)19-9-6-14-25-19/h4-9,14,18H,3,10-13,15H2,1-2H3,(H2,21,22,23). The van der Waals surface area contributed by atoms with Gasteiger partial charge in [-0.3, -0.25) is 0 Å². The Labute approximate surface area is 155 Å². The van der Waals surface area contributed by atoms with Gasteiger partial charge in [0.25, 0.3) is 0 Å². The molecule has 2 aromatic rings. The smallest absolute Gasteiger partial charge is 0.191 e. The molecule has 0 bridgehead atoms. The first-order valence-electron chi connectivity index (χ1n) is 9.14. The Bertz CT molecular complexity index is 673. The van der Waals surface area contributed by atoms with Crippen LogP contribution in [0.15, 0.2) is 46.8 Å². The average Bonchev–Trinajstić information content (AvgIpc) is 3.16. The second kappa shape index (κ2) is 8.90. The van der Waals surface area contributed by atoms with Gasteiger partial charge in [0.15, 0.2) is 5.96 Å². The maximum absolute atomic E-state index is 4.79. The topological polar surface area (TPSA) is 39.7 Å². The number of anilines is 1. The van der Waals surface area contributed by atoms with Crippen molar-refractivity contribution in [2.75, 3.05) is 24.5 Å². The molecule has 1 aromatic carbocycles. The molecule has 1 aliphatic rings. The Morgan fingerprint density at radius 1 is 1.20 bits per heavy atom. The van der Waals surface area contributed by atoms with E-state index in [1.807, 2.05) is 11.3 Å². The second-order valence-electron chi connectivity index (χ2n) is 6.48. The predicted octanol–water partition coefficient (Wildman–Crippen LogP) is 3.78. The van der Waals surface area contributed by atoms with E-state index in [1.54, 1.807) is 0 Å². The van der Waals surface area contributed by atoms with Crippen molar-refractivity contribution in [2.24, 2.45) is 4.99 Å². The van der Waals surface area contributed by atoms with E-state index in [2.05, 4.69) is 71.2 Å². The summed E-state index contributed by atoms with van der Waals surface area (Å²) < 4.78 is 0. The molecule has 0 aliphatic carbocycles. The minimum atomic E-state index is 0.492. The number of nitrogens with one attached hydrogen (secondary N) is 2. The predicted molar refractivity (Wildman–Crippen MR) is 109 cm³/mol. The highest BCUT2D eigenvalue weighted by Crippen LogP contribution is 2.24. The lowest BCUT2D eigenvalue weighted by atomic mass is 10.1. The van der Waals surface area contributed by atoms with E-state index in [1.165, 1.54) is 16.1 Å². The Morgan fingerprint density at radius 3 is 2.68 bits per heavy atom. The molecule has 0 amide bonds. The van der Waals surface area contributed by atoms with Crippen LogP contribution < -0.4 is 15.5 Å². The summed E-state index contributed by atoms with van der Waals surface area (Å²) in [4.78, 5) is 7.28. The number of benzene rings is 1. The Balaban J connectivity index is 1.55.